The van der Waals surface area contributed by atoms with Crippen LogP contribution in [0.3, 0.4) is 0 Å². The molecule has 1 amide bonds. The minimum absolute atomic E-state index is 0.144. The molecule has 1 saturated carbocycles. The molecule has 1 aliphatic carbocycles. The molecule has 0 aromatic heterocycles. The van der Waals surface area contributed by atoms with Crippen molar-refractivity contribution < 1.29 is 18.7 Å². The Balaban J connectivity index is 1.33. The van der Waals surface area contributed by atoms with E-state index >= 15 is 0 Å². The predicted molar refractivity (Wildman–Crippen MR) is 90.9 cm³/mol. The molecule has 6 heteroatoms. The number of ether oxygens (including phenoxy) is 2. The van der Waals surface area contributed by atoms with Crippen molar-refractivity contribution >= 4 is 5.91 Å². The minimum atomic E-state index is -0.407. The Morgan fingerprint density at radius 1 is 1.12 bits per heavy atom. The van der Waals surface area contributed by atoms with Crippen LogP contribution in [0.15, 0.2) is 24.3 Å². The number of rotatable bonds is 4. The molecule has 1 atom stereocenters. The average Bonchev–Trinajstić information content (AvgIpc) is 3.45. The summed E-state index contributed by atoms with van der Waals surface area (Å²) in [4.78, 5) is 17.4. The highest BCUT2D eigenvalue weighted by Gasteiger charge is 2.53. The summed E-state index contributed by atoms with van der Waals surface area (Å²) in [5, 5.41) is 0. The topological polar surface area (TPSA) is 42.0 Å². The lowest BCUT2D eigenvalue weighted by atomic mass is 9.94. The van der Waals surface area contributed by atoms with Crippen molar-refractivity contribution in [2.45, 2.75) is 24.4 Å². The summed E-state index contributed by atoms with van der Waals surface area (Å²) < 4.78 is 24.3. The van der Waals surface area contributed by atoms with Crippen molar-refractivity contribution in [2.75, 3.05) is 52.5 Å². The van der Waals surface area contributed by atoms with Gasteiger partial charge in [0.05, 0.1) is 31.3 Å². The standard InChI is InChI=1S/C19H25FN2O3/c20-16-3-1-15(2-4-16)19(5-6-19)18(23)22-9-7-21(8-10-22)13-17-14-24-11-12-25-17/h1-4,17H,5-14H2/t17-/m0/s1. The van der Waals surface area contributed by atoms with E-state index in [1.54, 1.807) is 12.1 Å². The maximum absolute atomic E-state index is 13.2. The van der Waals surface area contributed by atoms with Crippen LogP contribution in [0.5, 0.6) is 0 Å². The summed E-state index contributed by atoms with van der Waals surface area (Å²) in [6.07, 6.45) is 1.88. The normalized spacial score (nSPS) is 26.4. The third-order valence-corrected chi connectivity index (χ3v) is 5.56. The lowest BCUT2D eigenvalue weighted by molar-refractivity contribution is -0.136. The molecular formula is C19H25FN2O3. The van der Waals surface area contributed by atoms with Crippen LogP contribution in [0.2, 0.25) is 0 Å². The second kappa shape index (κ2) is 7.02. The zero-order valence-electron chi connectivity index (χ0n) is 14.5. The molecule has 25 heavy (non-hydrogen) atoms. The Morgan fingerprint density at radius 2 is 1.84 bits per heavy atom. The fourth-order valence-electron chi connectivity index (χ4n) is 3.89. The van der Waals surface area contributed by atoms with Crippen LogP contribution in [0, 0.1) is 5.82 Å². The van der Waals surface area contributed by atoms with Crippen molar-refractivity contribution in [3.05, 3.63) is 35.6 Å². The maximum Gasteiger partial charge on any atom is 0.233 e. The molecule has 0 spiro atoms. The fourth-order valence-corrected chi connectivity index (χ4v) is 3.89. The summed E-state index contributed by atoms with van der Waals surface area (Å²) in [6, 6.07) is 6.42. The van der Waals surface area contributed by atoms with Crippen molar-refractivity contribution in [3.8, 4) is 0 Å². The van der Waals surface area contributed by atoms with Gasteiger partial charge in [0.15, 0.2) is 0 Å². The molecule has 1 aromatic rings. The monoisotopic (exact) mass is 348 g/mol. The van der Waals surface area contributed by atoms with Crippen LogP contribution in [0.1, 0.15) is 18.4 Å². The SMILES string of the molecule is O=C(N1CCN(C[C@H]2COCCO2)CC1)C1(c2ccc(F)cc2)CC1. The highest BCUT2D eigenvalue weighted by atomic mass is 19.1. The largest absolute Gasteiger partial charge is 0.376 e. The Hall–Kier alpha value is -1.50. The Morgan fingerprint density at radius 3 is 2.44 bits per heavy atom. The summed E-state index contributed by atoms with van der Waals surface area (Å²) in [6.45, 7) is 6.10. The van der Waals surface area contributed by atoms with E-state index in [1.165, 1.54) is 12.1 Å². The molecular weight excluding hydrogens is 323 g/mol. The van der Waals surface area contributed by atoms with Crippen LogP contribution in [0.25, 0.3) is 0 Å². The molecule has 2 aliphatic heterocycles. The third kappa shape index (κ3) is 3.57. The third-order valence-electron chi connectivity index (χ3n) is 5.56. The van der Waals surface area contributed by atoms with Gasteiger partial charge in [0.25, 0.3) is 0 Å². The number of hydrogen-bond acceptors (Lipinski definition) is 4. The number of carbonyl (C=O) groups is 1. The second-order valence-electron chi connectivity index (χ2n) is 7.25. The lowest BCUT2D eigenvalue weighted by Crippen LogP contribution is -2.53. The first-order valence-electron chi connectivity index (χ1n) is 9.14. The summed E-state index contributed by atoms with van der Waals surface area (Å²) in [5.74, 6) is -0.0504. The van der Waals surface area contributed by atoms with Gasteiger partial charge in [-0.2, -0.15) is 0 Å². The molecule has 0 unspecified atom stereocenters. The van der Waals surface area contributed by atoms with Gasteiger partial charge in [-0.15, -0.1) is 0 Å². The van der Waals surface area contributed by atoms with E-state index < -0.39 is 5.41 Å². The minimum Gasteiger partial charge on any atom is -0.376 e. The van der Waals surface area contributed by atoms with Gasteiger partial charge < -0.3 is 14.4 Å². The highest BCUT2D eigenvalue weighted by molar-refractivity contribution is 5.91. The number of halogens is 1. The molecule has 0 bridgehead atoms. The van der Waals surface area contributed by atoms with Crippen LogP contribution in [-0.2, 0) is 19.7 Å². The number of carbonyl (C=O) groups excluding carboxylic acids is 1. The Labute approximate surface area is 147 Å². The molecule has 4 rings (SSSR count). The lowest BCUT2D eigenvalue weighted by Gasteiger charge is -2.38. The van der Waals surface area contributed by atoms with E-state index in [-0.39, 0.29) is 17.8 Å². The molecule has 1 aromatic carbocycles. The van der Waals surface area contributed by atoms with Gasteiger partial charge in [-0.25, -0.2) is 4.39 Å². The van der Waals surface area contributed by atoms with E-state index in [9.17, 15) is 9.18 Å². The van der Waals surface area contributed by atoms with Gasteiger partial charge in [-0.1, -0.05) is 12.1 Å². The molecule has 3 aliphatic rings. The van der Waals surface area contributed by atoms with Crippen molar-refractivity contribution in [1.29, 1.82) is 0 Å². The van der Waals surface area contributed by atoms with Crippen LogP contribution >= 0.6 is 0 Å². The molecule has 2 heterocycles. The van der Waals surface area contributed by atoms with Gasteiger partial charge in [0.1, 0.15) is 5.82 Å². The van der Waals surface area contributed by atoms with Crippen LogP contribution in [-0.4, -0.2) is 74.4 Å². The summed E-state index contributed by atoms with van der Waals surface area (Å²) >= 11 is 0. The molecule has 3 fully saturated rings. The van der Waals surface area contributed by atoms with Gasteiger partial charge >= 0.3 is 0 Å². The van der Waals surface area contributed by atoms with E-state index in [1.807, 2.05) is 4.90 Å². The van der Waals surface area contributed by atoms with E-state index in [0.717, 1.165) is 51.1 Å². The highest BCUT2D eigenvalue weighted by Crippen LogP contribution is 2.49. The number of amides is 1. The number of nitrogens with zero attached hydrogens (tertiary/aromatic N) is 2. The van der Waals surface area contributed by atoms with Crippen LogP contribution in [0.4, 0.5) is 4.39 Å². The first-order chi connectivity index (χ1) is 12.2. The first kappa shape index (κ1) is 16.9. The van der Waals surface area contributed by atoms with Gasteiger partial charge in [0.2, 0.25) is 5.91 Å². The van der Waals surface area contributed by atoms with Crippen LogP contribution < -0.4 is 0 Å². The molecule has 136 valence electrons. The molecule has 0 radical (unpaired) electrons. The zero-order valence-corrected chi connectivity index (χ0v) is 14.5. The first-order valence-corrected chi connectivity index (χ1v) is 9.14. The summed E-state index contributed by atoms with van der Waals surface area (Å²) in [5.41, 5.74) is 0.546. The molecule has 5 nitrogen and oxygen atoms in total. The van der Waals surface area contributed by atoms with Crippen molar-refractivity contribution in [2.24, 2.45) is 0 Å². The zero-order chi connectivity index (χ0) is 17.3. The number of benzene rings is 1. The molecule has 0 N–H and O–H groups in total. The van der Waals surface area contributed by atoms with Crippen molar-refractivity contribution in [3.63, 3.8) is 0 Å². The second-order valence-corrected chi connectivity index (χ2v) is 7.25. The number of hydrogen-bond donors (Lipinski definition) is 0. The van der Waals surface area contributed by atoms with E-state index in [2.05, 4.69) is 4.90 Å². The van der Waals surface area contributed by atoms with Gasteiger partial charge in [-0.05, 0) is 30.5 Å². The smallest absolute Gasteiger partial charge is 0.233 e. The predicted octanol–water partition coefficient (Wildman–Crippen LogP) is 1.42. The quantitative estimate of drug-likeness (QED) is 0.825. The maximum atomic E-state index is 13.2. The van der Waals surface area contributed by atoms with E-state index in [0.29, 0.717) is 19.8 Å². The van der Waals surface area contributed by atoms with E-state index in [4.69, 9.17) is 9.47 Å². The van der Waals surface area contributed by atoms with Gasteiger partial charge in [0, 0.05) is 32.7 Å². The molecule has 2 saturated heterocycles. The Bertz CT molecular complexity index is 604. The fraction of sp³-hybridized carbons (Fsp3) is 0.632. The summed E-state index contributed by atoms with van der Waals surface area (Å²) in [7, 11) is 0. The van der Waals surface area contributed by atoms with Crippen molar-refractivity contribution in [1.82, 2.24) is 9.80 Å². The average molecular weight is 348 g/mol. The Kier molecular flexibility index (Phi) is 4.75. The van der Waals surface area contributed by atoms with Gasteiger partial charge in [-0.3, -0.25) is 9.69 Å². The number of piperazine rings is 1.